The van der Waals surface area contributed by atoms with Gasteiger partial charge in [0, 0.05) is 24.8 Å². The van der Waals surface area contributed by atoms with Gasteiger partial charge in [-0.15, -0.1) is 11.8 Å². The van der Waals surface area contributed by atoms with Crippen molar-refractivity contribution in [2.75, 3.05) is 26.1 Å². The molecule has 0 bridgehead atoms. The van der Waals surface area contributed by atoms with E-state index in [1.807, 2.05) is 12.1 Å². The Hall–Kier alpha value is -3.27. The molecule has 1 aromatic rings. The van der Waals surface area contributed by atoms with Crippen LogP contribution in [0.4, 0.5) is 0 Å². The molecule has 2 heterocycles. The summed E-state index contributed by atoms with van der Waals surface area (Å²) < 4.78 is 15.2. The Morgan fingerprint density at radius 3 is 2.61 bits per heavy atom. The van der Waals surface area contributed by atoms with Crippen LogP contribution in [0.3, 0.4) is 0 Å². The highest BCUT2D eigenvalue weighted by Crippen LogP contribution is 2.45. The van der Waals surface area contributed by atoms with Crippen molar-refractivity contribution in [2.45, 2.75) is 25.3 Å². The summed E-state index contributed by atoms with van der Waals surface area (Å²) in [6, 6.07) is 7.23. The topological polar surface area (TPSA) is 111 Å². The maximum atomic E-state index is 13.1. The Bertz CT molecular complexity index is 974. The highest BCUT2D eigenvalue weighted by molar-refractivity contribution is 8.00. The van der Waals surface area contributed by atoms with Crippen LogP contribution in [-0.4, -0.2) is 60.1 Å². The molecule has 0 aliphatic carbocycles. The van der Waals surface area contributed by atoms with Gasteiger partial charge in [0.25, 0.3) is 5.91 Å². The molecule has 0 aromatic heterocycles. The lowest BCUT2D eigenvalue weighted by Gasteiger charge is -2.49. The number of benzene rings is 1. The summed E-state index contributed by atoms with van der Waals surface area (Å²) in [4.78, 5) is 50.7. The molecule has 0 radical (unpaired) electrons. The number of ether oxygens (including phenoxy) is 3. The van der Waals surface area contributed by atoms with Crippen molar-refractivity contribution in [1.82, 2.24) is 10.2 Å². The van der Waals surface area contributed by atoms with Gasteiger partial charge in [0.05, 0.1) is 24.8 Å². The van der Waals surface area contributed by atoms with Gasteiger partial charge >= 0.3 is 11.9 Å². The first-order chi connectivity index (χ1) is 15.8. The van der Waals surface area contributed by atoms with Crippen molar-refractivity contribution in [3.63, 3.8) is 0 Å². The standard InChI is InChI=1S/C23H26N2O7S/c1-4-9-31-19(27)10-18-22(29)25-20(16(12-32-14(2)26)13-33-23(18)25)21(28)24-11-15-5-7-17(30-3)8-6-15/h4-8,18,23H,1,9-13H2,2-3H3,(H,24,28)/t18-,23-/m1/s1. The number of carbonyl (C=O) groups is 4. The van der Waals surface area contributed by atoms with Gasteiger partial charge in [0.15, 0.2) is 0 Å². The average Bonchev–Trinajstić information content (AvgIpc) is 2.82. The number of nitrogens with zero attached hydrogens (tertiary/aromatic N) is 1. The Morgan fingerprint density at radius 2 is 1.97 bits per heavy atom. The van der Waals surface area contributed by atoms with Gasteiger partial charge in [-0.1, -0.05) is 24.8 Å². The predicted molar refractivity (Wildman–Crippen MR) is 121 cm³/mol. The van der Waals surface area contributed by atoms with Crippen LogP contribution in [0.1, 0.15) is 18.9 Å². The normalized spacial score (nSPS) is 19.2. The molecule has 176 valence electrons. The van der Waals surface area contributed by atoms with E-state index in [2.05, 4.69) is 11.9 Å². The number of β-lactam (4-membered cyclic amide) rings is 1. The number of methoxy groups -OCH3 is 1. The van der Waals surface area contributed by atoms with Crippen LogP contribution in [0.25, 0.3) is 0 Å². The summed E-state index contributed by atoms with van der Waals surface area (Å²) in [5.74, 6) is -1.24. The van der Waals surface area contributed by atoms with E-state index in [1.165, 1.54) is 29.7 Å². The summed E-state index contributed by atoms with van der Waals surface area (Å²) in [5.41, 5.74) is 1.57. The van der Waals surface area contributed by atoms with Crippen LogP contribution in [0.2, 0.25) is 0 Å². The summed E-state index contributed by atoms with van der Waals surface area (Å²) >= 11 is 1.42. The van der Waals surface area contributed by atoms with Crippen molar-refractivity contribution in [1.29, 1.82) is 0 Å². The molecule has 0 saturated carbocycles. The third kappa shape index (κ3) is 5.75. The van der Waals surface area contributed by atoms with Crippen LogP contribution in [-0.2, 0) is 35.2 Å². The van der Waals surface area contributed by atoms with Crippen molar-refractivity contribution in [2.24, 2.45) is 5.92 Å². The maximum absolute atomic E-state index is 13.1. The number of hydrogen-bond donors (Lipinski definition) is 1. The zero-order chi connectivity index (χ0) is 24.0. The quantitative estimate of drug-likeness (QED) is 0.310. The summed E-state index contributed by atoms with van der Waals surface area (Å²) in [6.45, 7) is 5.00. The van der Waals surface area contributed by atoms with Gasteiger partial charge in [-0.05, 0) is 17.7 Å². The van der Waals surface area contributed by atoms with E-state index in [0.717, 1.165) is 5.56 Å². The third-order valence-electron chi connectivity index (χ3n) is 5.18. The second kappa shape index (κ2) is 11.0. The van der Waals surface area contributed by atoms with Crippen LogP contribution < -0.4 is 10.1 Å². The molecule has 33 heavy (non-hydrogen) atoms. The molecular weight excluding hydrogens is 448 g/mol. The number of amides is 2. The first kappa shape index (κ1) is 24.4. The summed E-state index contributed by atoms with van der Waals surface area (Å²) in [5, 5.41) is 2.46. The first-order valence-electron chi connectivity index (χ1n) is 10.3. The van der Waals surface area contributed by atoms with E-state index in [1.54, 1.807) is 19.2 Å². The van der Waals surface area contributed by atoms with E-state index >= 15 is 0 Å². The van der Waals surface area contributed by atoms with Gasteiger partial charge in [-0.2, -0.15) is 0 Å². The van der Waals surface area contributed by atoms with Gasteiger partial charge < -0.3 is 19.5 Å². The molecule has 2 amide bonds. The molecule has 1 saturated heterocycles. The largest absolute Gasteiger partial charge is 0.497 e. The lowest BCUT2D eigenvalue weighted by atomic mass is 9.92. The second-order valence-corrected chi connectivity index (χ2v) is 8.56. The highest BCUT2D eigenvalue weighted by Gasteiger charge is 2.54. The molecule has 1 aromatic carbocycles. The van der Waals surface area contributed by atoms with Crippen LogP contribution in [0.15, 0.2) is 48.2 Å². The number of rotatable bonds is 10. The van der Waals surface area contributed by atoms with E-state index < -0.39 is 23.8 Å². The van der Waals surface area contributed by atoms with E-state index in [4.69, 9.17) is 14.2 Å². The Labute approximate surface area is 196 Å². The predicted octanol–water partition coefficient (Wildman–Crippen LogP) is 1.78. The minimum Gasteiger partial charge on any atom is -0.497 e. The number of fused-ring (bicyclic) bond motifs is 1. The van der Waals surface area contributed by atoms with Gasteiger partial charge in [0.2, 0.25) is 5.91 Å². The molecule has 2 aliphatic heterocycles. The average molecular weight is 475 g/mol. The minimum atomic E-state index is -0.577. The molecular formula is C23H26N2O7S. The maximum Gasteiger partial charge on any atom is 0.307 e. The number of esters is 2. The number of carbonyl (C=O) groups excluding carboxylic acids is 4. The van der Waals surface area contributed by atoms with Gasteiger partial charge in [-0.3, -0.25) is 24.1 Å². The van der Waals surface area contributed by atoms with Crippen molar-refractivity contribution in [3.8, 4) is 5.75 Å². The van der Waals surface area contributed by atoms with Crippen molar-refractivity contribution >= 4 is 35.5 Å². The zero-order valence-corrected chi connectivity index (χ0v) is 19.3. The van der Waals surface area contributed by atoms with E-state index in [-0.39, 0.29) is 43.2 Å². The lowest BCUT2D eigenvalue weighted by molar-refractivity contribution is -0.157. The molecule has 0 spiro atoms. The van der Waals surface area contributed by atoms with Gasteiger partial charge in [-0.25, -0.2) is 0 Å². The fourth-order valence-electron chi connectivity index (χ4n) is 3.53. The molecule has 1 N–H and O–H groups in total. The molecule has 10 heteroatoms. The fraction of sp³-hybridized carbons (Fsp3) is 0.391. The van der Waals surface area contributed by atoms with Crippen LogP contribution in [0.5, 0.6) is 5.75 Å². The number of nitrogens with one attached hydrogen (secondary N) is 1. The Morgan fingerprint density at radius 1 is 1.24 bits per heavy atom. The smallest absolute Gasteiger partial charge is 0.307 e. The van der Waals surface area contributed by atoms with Crippen molar-refractivity contribution in [3.05, 3.63) is 53.8 Å². The molecule has 1 fully saturated rings. The Balaban J connectivity index is 1.74. The molecule has 9 nitrogen and oxygen atoms in total. The third-order valence-corrected chi connectivity index (χ3v) is 6.58. The van der Waals surface area contributed by atoms with Gasteiger partial charge in [0.1, 0.15) is 24.7 Å². The van der Waals surface area contributed by atoms with Crippen LogP contribution >= 0.6 is 11.8 Å². The monoisotopic (exact) mass is 474 g/mol. The lowest BCUT2D eigenvalue weighted by Crippen LogP contribution is -2.62. The summed E-state index contributed by atoms with van der Waals surface area (Å²) in [6.07, 6.45) is 1.39. The van der Waals surface area contributed by atoms with Crippen LogP contribution in [0, 0.1) is 5.92 Å². The molecule has 2 aliphatic rings. The number of thioether (sulfide) groups is 1. The SMILES string of the molecule is C=CCOC(=O)C[C@@H]1C(=O)N2C(C(=O)NCc3ccc(OC)cc3)=C(COC(C)=O)CS[C@H]12. The zero-order valence-electron chi connectivity index (χ0n) is 18.5. The number of hydrogen-bond acceptors (Lipinski definition) is 8. The molecule has 2 atom stereocenters. The summed E-state index contributed by atoms with van der Waals surface area (Å²) in [7, 11) is 1.57. The fourth-order valence-corrected chi connectivity index (χ4v) is 4.93. The second-order valence-electron chi connectivity index (χ2n) is 7.46. The van der Waals surface area contributed by atoms with E-state index in [9.17, 15) is 19.2 Å². The molecule has 0 unspecified atom stereocenters. The molecule has 3 rings (SSSR count). The van der Waals surface area contributed by atoms with Crippen molar-refractivity contribution < 1.29 is 33.4 Å². The Kier molecular flexibility index (Phi) is 8.16. The highest BCUT2D eigenvalue weighted by atomic mass is 32.2. The minimum absolute atomic E-state index is 0.0686. The van der Waals surface area contributed by atoms with E-state index in [0.29, 0.717) is 17.1 Å². The first-order valence-corrected chi connectivity index (χ1v) is 11.4.